The average Bonchev–Trinajstić information content (AvgIpc) is 2.16. The van der Waals surface area contributed by atoms with Gasteiger partial charge in [-0.15, -0.1) is 6.58 Å². The fourth-order valence-electron chi connectivity index (χ4n) is 1.66. The molecule has 4 heteroatoms. The molecule has 0 aromatic rings. The second-order valence-corrected chi connectivity index (χ2v) is 4.63. The minimum atomic E-state index is -0.816. The van der Waals surface area contributed by atoms with E-state index >= 15 is 0 Å². The average molecular weight is 229 g/mol. The van der Waals surface area contributed by atoms with Crippen LogP contribution in [0.5, 0.6) is 0 Å². The number of methoxy groups -OCH3 is 1. The summed E-state index contributed by atoms with van der Waals surface area (Å²) in [6, 6.07) is 0.143. The molecule has 0 saturated carbocycles. The van der Waals surface area contributed by atoms with Crippen LogP contribution in [0.3, 0.4) is 0 Å². The first-order valence-corrected chi connectivity index (χ1v) is 5.44. The van der Waals surface area contributed by atoms with Crippen LogP contribution >= 0.6 is 0 Å². The molecule has 0 aliphatic carbocycles. The highest BCUT2D eigenvalue weighted by atomic mass is 16.5. The van der Waals surface area contributed by atoms with Crippen LogP contribution in [0.25, 0.3) is 0 Å². The lowest BCUT2D eigenvalue weighted by molar-refractivity contribution is -0.139. The molecule has 0 aromatic carbocycles. The van der Waals surface area contributed by atoms with Gasteiger partial charge < -0.3 is 9.84 Å². The zero-order valence-electron chi connectivity index (χ0n) is 10.7. The summed E-state index contributed by atoms with van der Waals surface area (Å²) in [6.07, 6.45) is 2.50. The van der Waals surface area contributed by atoms with Crippen molar-refractivity contribution in [1.82, 2.24) is 4.90 Å². The summed E-state index contributed by atoms with van der Waals surface area (Å²) in [5, 5.41) is 8.81. The van der Waals surface area contributed by atoms with E-state index in [2.05, 4.69) is 6.58 Å². The molecule has 1 N–H and O–H groups in total. The van der Waals surface area contributed by atoms with Gasteiger partial charge in [-0.3, -0.25) is 9.69 Å². The Balaban J connectivity index is 4.42. The standard InChI is InChI=1S/C12H23NO3/c1-6-7-13(9-11(14)15)10(2)8-12(3,4)16-5/h6,10H,1,7-9H2,2-5H3,(H,14,15). The predicted octanol–water partition coefficient (Wildman–Crippen LogP) is 1.76. The number of carboxylic acids is 1. The molecule has 0 aliphatic rings. The highest BCUT2D eigenvalue weighted by molar-refractivity contribution is 5.69. The Bertz CT molecular complexity index is 238. The van der Waals surface area contributed by atoms with Gasteiger partial charge in [0, 0.05) is 19.7 Å². The summed E-state index contributed by atoms with van der Waals surface area (Å²) in [7, 11) is 1.67. The van der Waals surface area contributed by atoms with Gasteiger partial charge in [0.15, 0.2) is 0 Å². The number of aliphatic carboxylic acids is 1. The molecule has 0 spiro atoms. The topological polar surface area (TPSA) is 49.8 Å². The normalized spacial score (nSPS) is 13.8. The van der Waals surface area contributed by atoms with Gasteiger partial charge in [0.05, 0.1) is 12.1 Å². The lowest BCUT2D eigenvalue weighted by Crippen LogP contribution is -2.42. The van der Waals surface area contributed by atoms with E-state index in [1.54, 1.807) is 13.2 Å². The minimum Gasteiger partial charge on any atom is -0.480 e. The molecule has 16 heavy (non-hydrogen) atoms. The van der Waals surface area contributed by atoms with Crippen molar-refractivity contribution in [3.63, 3.8) is 0 Å². The van der Waals surface area contributed by atoms with E-state index in [0.29, 0.717) is 6.54 Å². The number of nitrogens with zero attached hydrogens (tertiary/aromatic N) is 1. The van der Waals surface area contributed by atoms with Crippen LogP contribution < -0.4 is 0 Å². The van der Waals surface area contributed by atoms with Gasteiger partial charge in [0.25, 0.3) is 0 Å². The maximum atomic E-state index is 10.7. The van der Waals surface area contributed by atoms with Crippen LogP contribution in [0, 0.1) is 0 Å². The maximum Gasteiger partial charge on any atom is 0.317 e. The summed E-state index contributed by atoms with van der Waals surface area (Å²) in [6.45, 7) is 10.3. The van der Waals surface area contributed by atoms with Crippen molar-refractivity contribution in [3.05, 3.63) is 12.7 Å². The van der Waals surface area contributed by atoms with Crippen LogP contribution in [0.1, 0.15) is 27.2 Å². The Kier molecular flexibility index (Phi) is 6.29. The molecule has 1 unspecified atom stereocenters. The number of ether oxygens (including phenoxy) is 1. The predicted molar refractivity (Wildman–Crippen MR) is 64.6 cm³/mol. The van der Waals surface area contributed by atoms with E-state index < -0.39 is 5.97 Å². The first-order chi connectivity index (χ1) is 7.32. The van der Waals surface area contributed by atoms with E-state index in [1.807, 2.05) is 25.7 Å². The van der Waals surface area contributed by atoms with Crippen LogP contribution in [0.2, 0.25) is 0 Å². The van der Waals surface area contributed by atoms with Crippen LogP contribution in [0.4, 0.5) is 0 Å². The zero-order chi connectivity index (χ0) is 12.8. The minimum absolute atomic E-state index is 0.0347. The quantitative estimate of drug-likeness (QED) is 0.644. The molecular weight excluding hydrogens is 206 g/mol. The molecule has 0 rings (SSSR count). The molecule has 0 amide bonds. The van der Waals surface area contributed by atoms with Crippen molar-refractivity contribution in [1.29, 1.82) is 0 Å². The zero-order valence-corrected chi connectivity index (χ0v) is 10.7. The van der Waals surface area contributed by atoms with Gasteiger partial charge in [-0.25, -0.2) is 0 Å². The number of hydrogen-bond donors (Lipinski definition) is 1. The van der Waals surface area contributed by atoms with Crippen LogP contribution in [-0.2, 0) is 9.53 Å². The molecule has 4 nitrogen and oxygen atoms in total. The SMILES string of the molecule is C=CCN(CC(=O)O)C(C)CC(C)(C)OC. The first kappa shape index (κ1) is 15.1. The van der Waals surface area contributed by atoms with E-state index in [1.165, 1.54) is 0 Å². The van der Waals surface area contributed by atoms with Crippen molar-refractivity contribution in [2.75, 3.05) is 20.2 Å². The second-order valence-electron chi connectivity index (χ2n) is 4.63. The highest BCUT2D eigenvalue weighted by Gasteiger charge is 2.24. The molecule has 0 fully saturated rings. The molecule has 0 aromatic heterocycles. The van der Waals surface area contributed by atoms with Crippen molar-refractivity contribution in [2.45, 2.75) is 38.8 Å². The third-order valence-corrected chi connectivity index (χ3v) is 2.66. The number of carbonyl (C=O) groups is 1. The van der Waals surface area contributed by atoms with Crippen LogP contribution in [-0.4, -0.2) is 47.8 Å². The monoisotopic (exact) mass is 229 g/mol. The maximum absolute atomic E-state index is 10.7. The largest absolute Gasteiger partial charge is 0.480 e. The summed E-state index contributed by atoms with van der Waals surface area (Å²) in [5.74, 6) is -0.816. The lowest BCUT2D eigenvalue weighted by atomic mass is 9.99. The van der Waals surface area contributed by atoms with Gasteiger partial charge in [-0.05, 0) is 27.2 Å². The van der Waals surface area contributed by atoms with Crippen molar-refractivity contribution in [2.24, 2.45) is 0 Å². The number of hydrogen-bond acceptors (Lipinski definition) is 3. The summed E-state index contributed by atoms with van der Waals surface area (Å²) >= 11 is 0. The lowest BCUT2D eigenvalue weighted by Gasteiger charge is -2.32. The van der Waals surface area contributed by atoms with E-state index in [4.69, 9.17) is 9.84 Å². The Labute approximate surface area is 97.9 Å². The van der Waals surface area contributed by atoms with E-state index in [0.717, 1.165) is 6.42 Å². The molecule has 94 valence electrons. The molecular formula is C12H23NO3. The summed E-state index contributed by atoms with van der Waals surface area (Å²) < 4.78 is 5.34. The Morgan fingerprint density at radius 3 is 2.56 bits per heavy atom. The van der Waals surface area contributed by atoms with Gasteiger partial charge in [-0.2, -0.15) is 0 Å². The smallest absolute Gasteiger partial charge is 0.317 e. The van der Waals surface area contributed by atoms with Gasteiger partial charge in [-0.1, -0.05) is 6.08 Å². The Morgan fingerprint density at radius 2 is 2.19 bits per heavy atom. The van der Waals surface area contributed by atoms with Crippen LogP contribution in [0.15, 0.2) is 12.7 Å². The molecule has 0 heterocycles. The highest BCUT2D eigenvalue weighted by Crippen LogP contribution is 2.18. The fraction of sp³-hybridized carbons (Fsp3) is 0.750. The van der Waals surface area contributed by atoms with E-state index in [9.17, 15) is 4.79 Å². The first-order valence-electron chi connectivity index (χ1n) is 5.44. The van der Waals surface area contributed by atoms with E-state index in [-0.39, 0.29) is 18.2 Å². The van der Waals surface area contributed by atoms with Crippen molar-refractivity contribution in [3.8, 4) is 0 Å². The Hall–Kier alpha value is -0.870. The summed E-state index contributed by atoms with van der Waals surface area (Å²) in [5.41, 5.74) is -0.239. The van der Waals surface area contributed by atoms with Gasteiger partial charge >= 0.3 is 5.97 Å². The molecule has 0 bridgehead atoms. The molecule has 0 radical (unpaired) electrons. The second kappa shape index (κ2) is 6.66. The third-order valence-electron chi connectivity index (χ3n) is 2.66. The molecule has 0 saturated heterocycles. The number of carboxylic acid groups (broad SMARTS) is 1. The van der Waals surface area contributed by atoms with Crippen molar-refractivity contribution < 1.29 is 14.6 Å². The fourth-order valence-corrected chi connectivity index (χ4v) is 1.66. The van der Waals surface area contributed by atoms with Crippen molar-refractivity contribution >= 4 is 5.97 Å². The summed E-state index contributed by atoms with van der Waals surface area (Å²) in [4.78, 5) is 12.6. The Morgan fingerprint density at radius 1 is 1.62 bits per heavy atom. The molecule has 1 atom stereocenters. The third kappa shape index (κ3) is 5.88. The van der Waals surface area contributed by atoms with Gasteiger partial charge in [0.1, 0.15) is 0 Å². The molecule has 0 aliphatic heterocycles. The number of rotatable bonds is 8. The van der Waals surface area contributed by atoms with Gasteiger partial charge in [0.2, 0.25) is 0 Å².